The van der Waals surface area contributed by atoms with Gasteiger partial charge in [-0.1, -0.05) is 13.8 Å². The molecule has 0 fully saturated rings. The summed E-state index contributed by atoms with van der Waals surface area (Å²) in [4.78, 5) is 23.9. The Morgan fingerprint density at radius 3 is 1.93 bits per heavy atom. The van der Waals surface area contributed by atoms with Crippen molar-refractivity contribution < 1.29 is 22.8 Å². The van der Waals surface area contributed by atoms with Gasteiger partial charge in [-0.2, -0.15) is 13.2 Å². The summed E-state index contributed by atoms with van der Waals surface area (Å²) in [6.45, 7) is 3.90. The van der Waals surface area contributed by atoms with Crippen molar-refractivity contribution in [3.63, 3.8) is 0 Å². The van der Waals surface area contributed by atoms with Crippen molar-refractivity contribution in [2.24, 2.45) is 5.92 Å². The van der Waals surface area contributed by atoms with E-state index < -0.39 is 11.4 Å². The largest absolute Gasteiger partial charge is 0.446 e. The van der Waals surface area contributed by atoms with E-state index in [1.807, 2.05) is 13.8 Å². The molecule has 144 valence electrons. The first kappa shape index (κ1) is 20.8. The zero-order valence-electron chi connectivity index (χ0n) is 14.8. The molecule has 2 aromatic rings. The van der Waals surface area contributed by atoms with Gasteiger partial charge in [-0.25, -0.2) is 0 Å². The van der Waals surface area contributed by atoms with Gasteiger partial charge in [-0.3, -0.25) is 9.59 Å². The number of carbonyl (C=O) groups excluding carboxylic acids is 2. The maximum absolute atomic E-state index is 12.3. The fraction of sp³-hybridized carbons (Fsp3) is 0.263. The zero-order chi connectivity index (χ0) is 20.0. The van der Waals surface area contributed by atoms with Gasteiger partial charge in [0.05, 0.1) is 0 Å². The minimum Gasteiger partial charge on any atom is -0.326 e. The van der Waals surface area contributed by atoms with Crippen molar-refractivity contribution in [3.05, 3.63) is 54.1 Å². The molecule has 8 heteroatoms. The lowest BCUT2D eigenvalue weighted by Gasteiger charge is -2.10. The van der Waals surface area contributed by atoms with Crippen molar-refractivity contribution in [1.29, 1.82) is 0 Å². The molecule has 0 radical (unpaired) electrons. The number of amides is 2. The van der Waals surface area contributed by atoms with Crippen LogP contribution in [0.5, 0.6) is 0 Å². The zero-order valence-corrected chi connectivity index (χ0v) is 15.6. The number of anilines is 2. The number of hydrogen-bond acceptors (Lipinski definition) is 3. The van der Waals surface area contributed by atoms with E-state index in [1.165, 1.54) is 24.3 Å². The van der Waals surface area contributed by atoms with Crippen LogP contribution in [0, 0.1) is 5.92 Å². The third kappa shape index (κ3) is 7.34. The molecule has 0 atom stereocenters. The van der Waals surface area contributed by atoms with Crippen LogP contribution in [0.15, 0.2) is 53.4 Å². The standard InChI is InChI=1S/C19H19F3N2O2S/c1-12(2)11-17(25)23-14-5-7-15(8-6-14)24-18(26)13-3-9-16(10-4-13)27-19(20,21)22/h3-10,12H,11H2,1-2H3,(H,23,25)(H,24,26). The third-order valence-corrected chi connectivity index (χ3v) is 4.11. The summed E-state index contributed by atoms with van der Waals surface area (Å²) in [5, 5.41) is 5.42. The van der Waals surface area contributed by atoms with E-state index >= 15 is 0 Å². The Morgan fingerprint density at radius 2 is 1.44 bits per heavy atom. The molecule has 2 rings (SSSR count). The van der Waals surface area contributed by atoms with Gasteiger partial charge in [0.15, 0.2) is 0 Å². The van der Waals surface area contributed by atoms with Crippen molar-refractivity contribution in [3.8, 4) is 0 Å². The summed E-state index contributed by atoms with van der Waals surface area (Å²) in [5.74, 6) is -0.266. The summed E-state index contributed by atoms with van der Waals surface area (Å²) >= 11 is -0.231. The van der Waals surface area contributed by atoms with Gasteiger partial charge in [0.2, 0.25) is 5.91 Å². The molecule has 0 aliphatic heterocycles. The summed E-state index contributed by atoms with van der Waals surface area (Å²) < 4.78 is 37.0. The highest BCUT2D eigenvalue weighted by atomic mass is 32.2. The van der Waals surface area contributed by atoms with E-state index in [0.29, 0.717) is 17.8 Å². The van der Waals surface area contributed by atoms with Crippen LogP contribution in [0.4, 0.5) is 24.5 Å². The highest BCUT2D eigenvalue weighted by Gasteiger charge is 2.29. The first-order valence-electron chi connectivity index (χ1n) is 8.19. The first-order chi connectivity index (χ1) is 12.6. The van der Waals surface area contributed by atoms with E-state index in [2.05, 4.69) is 10.6 Å². The van der Waals surface area contributed by atoms with Gasteiger partial charge in [-0.15, -0.1) is 0 Å². The second-order valence-electron chi connectivity index (χ2n) is 6.25. The quantitative estimate of drug-likeness (QED) is 0.631. The second kappa shape index (κ2) is 8.94. The predicted molar refractivity (Wildman–Crippen MR) is 101 cm³/mol. The molecule has 0 saturated carbocycles. The van der Waals surface area contributed by atoms with E-state index in [-0.39, 0.29) is 34.0 Å². The van der Waals surface area contributed by atoms with Crippen LogP contribution in [-0.2, 0) is 4.79 Å². The van der Waals surface area contributed by atoms with Crippen LogP contribution in [0.25, 0.3) is 0 Å². The number of halogens is 3. The van der Waals surface area contributed by atoms with Crippen LogP contribution >= 0.6 is 11.8 Å². The summed E-state index contributed by atoms with van der Waals surface area (Å²) in [6, 6.07) is 11.8. The van der Waals surface area contributed by atoms with Crippen molar-refractivity contribution in [2.45, 2.75) is 30.7 Å². The van der Waals surface area contributed by atoms with Gasteiger partial charge >= 0.3 is 5.51 Å². The number of carbonyl (C=O) groups is 2. The molecule has 2 N–H and O–H groups in total. The number of alkyl halides is 3. The van der Waals surface area contributed by atoms with Crippen LogP contribution in [-0.4, -0.2) is 17.3 Å². The van der Waals surface area contributed by atoms with E-state index in [1.54, 1.807) is 24.3 Å². The molecule has 0 heterocycles. The minimum absolute atomic E-state index is 0.0144. The Balaban J connectivity index is 1.94. The molecule has 0 aliphatic rings. The lowest BCUT2D eigenvalue weighted by Crippen LogP contribution is -2.14. The van der Waals surface area contributed by atoms with Gasteiger partial charge in [0.25, 0.3) is 5.91 Å². The number of hydrogen-bond donors (Lipinski definition) is 2. The molecule has 27 heavy (non-hydrogen) atoms. The minimum atomic E-state index is -4.36. The monoisotopic (exact) mass is 396 g/mol. The lowest BCUT2D eigenvalue weighted by molar-refractivity contribution is -0.116. The van der Waals surface area contributed by atoms with E-state index in [0.717, 1.165) is 0 Å². The number of nitrogens with one attached hydrogen (secondary N) is 2. The molecule has 0 bridgehead atoms. The highest BCUT2D eigenvalue weighted by Crippen LogP contribution is 2.36. The Morgan fingerprint density at radius 1 is 0.926 bits per heavy atom. The van der Waals surface area contributed by atoms with E-state index in [9.17, 15) is 22.8 Å². The van der Waals surface area contributed by atoms with Crippen LogP contribution < -0.4 is 10.6 Å². The van der Waals surface area contributed by atoms with Gasteiger partial charge in [0.1, 0.15) is 0 Å². The number of thioether (sulfide) groups is 1. The molecular formula is C19H19F3N2O2S. The predicted octanol–water partition coefficient (Wildman–Crippen LogP) is 5.54. The Labute approximate surface area is 159 Å². The molecule has 0 spiro atoms. The SMILES string of the molecule is CC(C)CC(=O)Nc1ccc(NC(=O)c2ccc(SC(F)(F)F)cc2)cc1. The smallest absolute Gasteiger partial charge is 0.326 e. The molecular weight excluding hydrogens is 377 g/mol. The number of rotatable bonds is 6. The summed E-state index contributed by atoms with van der Waals surface area (Å²) in [5.41, 5.74) is -2.99. The fourth-order valence-corrected chi connectivity index (χ4v) is 2.77. The summed E-state index contributed by atoms with van der Waals surface area (Å²) in [6.07, 6.45) is 0.418. The normalized spacial score (nSPS) is 11.3. The summed E-state index contributed by atoms with van der Waals surface area (Å²) in [7, 11) is 0. The third-order valence-electron chi connectivity index (χ3n) is 3.37. The number of benzene rings is 2. The maximum Gasteiger partial charge on any atom is 0.446 e. The fourth-order valence-electron chi connectivity index (χ4n) is 2.23. The average Bonchev–Trinajstić information content (AvgIpc) is 2.55. The maximum atomic E-state index is 12.3. The Bertz CT molecular complexity index is 788. The highest BCUT2D eigenvalue weighted by molar-refractivity contribution is 8.00. The Kier molecular flexibility index (Phi) is 6.90. The topological polar surface area (TPSA) is 58.2 Å². The van der Waals surface area contributed by atoms with Crippen LogP contribution in [0.3, 0.4) is 0 Å². The van der Waals surface area contributed by atoms with Crippen LogP contribution in [0.1, 0.15) is 30.6 Å². The molecule has 0 unspecified atom stereocenters. The van der Waals surface area contributed by atoms with Crippen molar-refractivity contribution in [1.82, 2.24) is 0 Å². The second-order valence-corrected chi connectivity index (χ2v) is 7.39. The molecule has 0 saturated heterocycles. The van der Waals surface area contributed by atoms with Gasteiger partial charge in [-0.05, 0) is 66.2 Å². The van der Waals surface area contributed by atoms with Crippen LogP contribution in [0.2, 0.25) is 0 Å². The van der Waals surface area contributed by atoms with Gasteiger partial charge in [0, 0.05) is 28.3 Å². The average molecular weight is 396 g/mol. The van der Waals surface area contributed by atoms with Crippen molar-refractivity contribution in [2.75, 3.05) is 10.6 Å². The lowest BCUT2D eigenvalue weighted by atomic mass is 10.1. The molecule has 0 aromatic heterocycles. The Hall–Kier alpha value is -2.48. The molecule has 2 amide bonds. The van der Waals surface area contributed by atoms with Gasteiger partial charge < -0.3 is 10.6 Å². The first-order valence-corrected chi connectivity index (χ1v) is 9.01. The molecule has 4 nitrogen and oxygen atoms in total. The van der Waals surface area contributed by atoms with Crippen molar-refractivity contribution >= 4 is 35.0 Å². The van der Waals surface area contributed by atoms with E-state index in [4.69, 9.17) is 0 Å². The molecule has 0 aliphatic carbocycles. The molecule has 2 aromatic carbocycles.